The average Bonchev–Trinajstić information content (AvgIpc) is 2.03. The van der Waals surface area contributed by atoms with E-state index in [1.54, 1.807) is 0 Å². The summed E-state index contributed by atoms with van der Waals surface area (Å²) in [4.78, 5) is 19.7. The highest BCUT2D eigenvalue weighted by Crippen LogP contribution is 1.95. The molecular weight excluding hydrogens is 172 g/mol. The van der Waals surface area contributed by atoms with Gasteiger partial charge < -0.3 is 10.2 Å². The minimum Gasteiger partial charge on any atom is -0.481 e. The topological polar surface area (TPSA) is 74.6 Å². The van der Waals surface area contributed by atoms with Crippen LogP contribution < -0.4 is 0 Å². The Hall–Kier alpha value is -1.32. The predicted molar refractivity (Wildman–Crippen MR) is 49.6 cm³/mol. The Balaban J connectivity index is 0. The van der Waals surface area contributed by atoms with Gasteiger partial charge in [0.2, 0.25) is 0 Å². The molecule has 0 heterocycles. The Bertz CT molecular complexity index is 182. The molecule has 0 unspecified atom stereocenters. The molecular formula is C9H16O4. The van der Waals surface area contributed by atoms with Gasteiger partial charge in [0, 0.05) is 5.57 Å². The van der Waals surface area contributed by atoms with Crippen molar-refractivity contribution in [3.63, 3.8) is 0 Å². The zero-order chi connectivity index (χ0) is 10.9. The first-order valence-electron chi connectivity index (χ1n) is 4.08. The van der Waals surface area contributed by atoms with E-state index in [9.17, 15) is 9.59 Å². The van der Waals surface area contributed by atoms with Gasteiger partial charge in [0.15, 0.2) is 0 Å². The lowest BCUT2D eigenvalue weighted by Gasteiger charge is -1.91. The van der Waals surface area contributed by atoms with Crippen molar-refractivity contribution in [1.82, 2.24) is 0 Å². The highest BCUT2D eigenvalue weighted by atomic mass is 16.4. The highest BCUT2D eigenvalue weighted by molar-refractivity contribution is 5.91. The maximum atomic E-state index is 9.87. The molecule has 4 heteroatoms. The van der Waals surface area contributed by atoms with Crippen molar-refractivity contribution in [2.75, 3.05) is 0 Å². The Morgan fingerprint density at radius 3 is 1.62 bits per heavy atom. The fourth-order valence-electron chi connectivity index (χ4n) is 0.258. The molecule has 76 valence electrons. The normalized spacial score (nSPS) is 8.15. The molecule has 0 saturated carbocycles. The summed E-state index contributed by atoms with van der Waals surface area (Å²) < 4.78 is 0. The third-order valence-corrected chi connectivity index (χ3v) is 1.17. The fourth-order valence-corrected chi connectivity index (χ4v) is 0.258. The zero-order valence-electron chi connectivity index (χ0n) is 8.04. The summed E-state index contributed by atoms with van der Waals surface area (Å²) >= 11 is 0. The molecule has 0 aromatic heterocycles. The van der Waals surface area contributed by atoms with Crippen LogP contribution in [0.3, 0.4) is 0 Å². The summed E-state index contributed by atoms with van der Waals surface area (Å²) in [7, 11) is 0. The van der Waals surface area contributed by atoms with Gasteiger partial charge >= 0.3 is 11.9 Å². The second kappa shape index (κ2) is 8.77. The average molecular weight is 188 g/mol. The lowest BCUT2D eigenvalue weighted by Crippen LogP contribution is -2.04. The van der Waals surface area contributed by atoms with E-state index < -0.39 is 18.4 Å². The van der Waals surface area contributed by atoms with Crippen molar-refractivity contribution < 1.29 is 19.8 Å². The minimum atomic E-state index is -1.27. The van der Waals surface area contributed by atoms with Crippen molar-refractivity contribution in [2.24, 2.45) is 0 Å². The number of carboxylic acid groups (broad SMARTS) is 2. The van der Waals surface area contributed by atoms with Crippen LogP contribution in [0.1, 0.15) is 33.1 Å². The molecule has 2 N–H and O–H groups in total. The zero-order valence-corrected chi connectivity index (χ0v) is 8.04. The van der Waals surface area contributed by atoms with Gasteiger partial charge in [-0.15, -0.1) is 0 Å². The van der Waals surface area contributed by atoms with Crippen molar-refractivity contribution in [2.45, 2.75) is 33.1 Å². The lowest BCUT2D eigenvalue weighted by atomic mass is 10.2. The van der Waals surface area contributed by atoms with E-state index in [-0.39, 0.29) is 5.57 Å². The quantitative estimate of drug-likeness (QED) is 0.661. The molecule has 0 aromatic rings. The summed E-state index contributed by atoms with van der Waals surface area (Å²) in [6.07, 6.45) is 2.13. The Morgan fingerprint density at radius 2 is 1.54 bits per heavy atom. The van der Waals surface area contributed by atoms with Crippen LogP contribution in [0.4, 0.5) is 0 Å². The van der Waals surface area contributed by atoms with Gasteiger partial charge in [0.1, 0.15) is 0 Å². The van der Waals surface area contributed by atoms with Gasteiger partial charge in [-0.05, 0) is 0 Å². The monoisotopic (exact) mass is 188 g/mol. The number of carbonyl (C=O) groups is 2. The van der Waals surface area contributed by atoms with E-state index in [1.807, 2.05) is 0 Å². The first kappa shape index (κ1) is 14.2. The molecule has 4 nitrogen and oxygen atoms in total. The second-order valence-electron chi connectivity index (χ2n) is 2.48. The van der Waals surface area contributed by atoms with E-state index in [2.05, 4.69) is 20.4 Å². The van der Waals surface area contributed by atoms with Gasteiger partial charge in [-0.2, -0.15) is 0 Å². The summed E-state index contributed by atoms with van der Waals surface area (Å²) in [5, 5.41) is 16.1. The van der Waals surface area contributed by atoms with Crippen molar-refractivity contribution >= 4 is 11.9 Å². The predicted octanol–water partition coefficient (Wildman–Crippen LogP) is 1.91. The molecule has 13 heavy (non-hydrogen) atoms. The molecule has 0 atom stereocenters. The van der Waals surface area contributed by atoms with Crippen LogP contribution in [0.5, 0.6) is 0 Å². The molecule has 0 aromatic carbocycles. The number of hydrogen-bond donors (Lipinski definition) is 2. The number of hydrogen-bond acceptors (Lipinski definition) is 2. The third kappa shape index (κ3) is 13.6. The molecule has 0 saturated heterocycles. The molecule has 0 aliphatic carbocycles. The van der Waals surface area contributed by atoms with E-state index in [1.165, 1.54) is 12.8 Å². The molecule has 0 amide bonds. The standard InChI is InChI=1S/C5H6O4.C4H10/c1-3(5(8)9)2-4(6)7;1-3-4-2/h1-2H2,(H,6,7)(H,8,9);3-4H2,1-2H3. The first-order valence-corrected chi connectivity index (χ1v) is 4.08. The molecule has 0 rings (SSSR count). The number of unbranched alkanes of at least 4 members (excludes halogenated alkanes) is 1. The van der Waals surface area contributed by atoms with E-state index in [0.29, 0.717) is 0 Å². The van der Waals surface area contributed by atoms with Crippen molar-refractivity contribution in [3.05, 3.63) is 12.2 Å². The number of carboxylic acids is 2. The molecule has 0 radical (unpaired) electrons. The van der Waals surface area contributed by atoms with Crippen LogP contribution in [-0.4, -0.2) is 22.2 Å². The maximum absolute atomic E-state index is 9.87. The molecule has 0 aliphatic rings. The third-order valence-electron chi connectivity index (χ3n) is 1.17. The van der Waals surface area contributed by atoms with Crippen LogP contribution in [0.2, 0.25) is 0 Å². The highest BCUT2D eigenvalue weighted by Gasteiger charge is 2.07. The fraction of sp³-hybridized carbons (Fsp3) is 0.556. The summed E-state index contributed by atoms with van der Waals surface area (Å²) in [5.74, 6) is -2.44. The minimum absolute atomic E-state index is 0.303. The van der Waals surface area contributed by atoms with Crippen LogP contribution in [-0.2, 0) is 9.59 Å². The molecule has 0 bridgehead atoms. The molecule has 0 fully saturated rings. The first-order chi connectivity index (χ1) is 5.95. The maximum Gasteiger partial charge on any atom is 0.331 e. The van der Waals surface area contributed by atoms with Gasteiger partial charge in [0.25, 0.3) is 0 Å². The van der Waals surface area contributed by atoms with Crippen LogP contribution in [0.15, 0.2) is 12.2 Å². The molecule has 0 spiro atoms. The Kier molecular flexibility index (Phi) is 9.60. The van der Waals surface area contributed by atoms with Gasteiger partial charge in [0.05, 0.1) is 6.42 Å². The van der Waals surface area contributed by atoms with Crippen LogP contribution >= 0.6 is 0 Å². The van der Waals surface area contributed by atoms with E-state index in [4.69, 9.17) is 10.2 Å². The molecule has 0 aliphatic heterocycles. The Labute approximate surface area is 77.9 Å². The summed E-state index contributed by atoms with van der Waals surface area (Å²) in [6, 6.07) is 0. The van der Waals surface area contributed by atoms with Gasteiger partial charge in [-0.3, -0.25) is 4.79 Å². The van der Waals surface area contributed by atoms with Crippen molar-refractivity contribution in [1.29, 1.82) is 0 Å². The second-order valence-corrected chi connectivity index (χ2v) is 2.48. The SMILES string of the molecule is C=C(CC(=O)O)C(=O)O.CCCC. The van der Waals surface area contributed by atoms with Crippen LogP contribution in [0.25, 0.3) is 0 Å². The van der Waals surface area contributed by atoms with E-state index >= 15 is 0 Å². The summed E-state index contributed by atoms with van der Waals surface area (Å²) in [6.45, 7) is 7.38. The number of rotatable bonds is 4. The van der Waals surface area contributed by atoms with E-state index in [0.717, 1.165) is 0 Å². The smallest absolute Gasteiger partial charge is 0.331 e. The summed E-state index contributed by atoms with van der Waals surface area (Å²) in [5.41, 5.74) is -0.303. The largest absolute Gasteiger partial charge is 0.481 e. The van der Waals surface area contributed by atoms with Gasteiger partial charge in [-0.25, -0.2) is 4.79 Å². The van der Waals surface area contributed by atoms with Crippen LogP contribution in [0, 0.1) is 0 Å². The van der Waals surface area contributed by atoms with Crippen molar-refractivity contribution in [3.8, 4) is 0 Å². The van der Waals surface area contributed by atoms with Gasteiger partial charge in [-0.1, -0.05) is 33.3 Å². The Morgan fingerprint density at radius 1 is 1.15 bits per heavy atom. The lowest BCUT2D eigenvalue weighted by molar-refractivity contribution is -0.139. The number of aliphatic carboxylic acids is 2.